The lowest BCUT2D eigenvalue weighted by atomic mass is 10.2. The first kappa shape index (κ1) is 16.4. The molecule has 0 fully saturated rings. The van der Waals surface area contributed by atoms with Crippen molar-refractivity contribution in [2.24, 2.45) is 0 Å². The number of hydrogen-bond acceptors (Lipinski definition) is 4. The van der Waals surface area contributed by atoms with Crippen molar-refractivity contribution < 1.29 is 19.1 Å². The van der Waals surface area contributed by atoms with Gasteiger partial charge in [0.25, 0.3) is 5.91 Å². The molecule has 2 rings (SSSR count). The molecule has 0 unspecified atom stereocenters. The van der Waals surface area contributed by atoms with E-state index in [9.17, 15) is 9.59 Å². The van der Waals surface area contributed by atoms with Gasteiger partial charge in [0, 0.05) is 18.2 Å². The fourth-order valence-corrected chi connectivity index (χ4v) is 2.04. The Morgan fingerprint density at radius 2 is 1.74 bits per heavy atom. The maximum absolute atomic E-state index is 12.3. The molecule has 6 nitrogen and oxygen atoms in total. The van der Waals surface area contributed by atoms with Gasteiger partial charge < -0.3 is 20.1 Å². The predicted octanol–water partition coefficient (Wildman–Crippen LogP) is 2.91. The van der Waals surface area contributed by atoms with Gasteiger partial charge in [0.2, 0.25) is 5.91 Å². The van der Waals surface area contributed by atoms with E-state index in [1.165, 1.54) is 14.0 Å². The summed E-state index contributed by atoms with van der Waals surface area (Å²) in [7, 11) is 3.05. The van der Waals surface area contributed by atoms with Crippen LogP contribution >= 0.6 is 0 Å². The van der Waals surface area contributed by atoms with E-state index in [1.807, 2.05) is 0 Å². The van der Waals surface area contributed by atoms with Gasteiger partial charge in [0.1, 0.15) is 11.5 Å². The van der Waals surface area contributed by atoms with E-state index >= 15 is 0 Å². The topological polar surface area (TPSA) is 76.7 Å². The lowest BCUT2D eigenvalue weighted by Crippen LogP contribution is -2.13. The van der Waals surface area contributed by atoms with Gasteiger partial charge in [-0.1, -0.05) is 6.07 Å². The van der Waals surface area contributed by atoms with E-state index in [0.717, 1.165) is 0 Å². The number of amides is 2. The lowest BCUT2D eigenvalue weighted by molar-refractivity contribution is -0.114. The summed E-state index contributed by atoms with van der Waals surface area (Å²) >= 11 is 0. The maximum Gasteiger partial charge on any atom is 0.255 e. The first-order valence-corrected chi connectivity index (χ1v) is 6.94. The van der Waals surface area contributed by atoms with Gasteiger partial charge in [-0.05, 0) is 36.4 Å². The van der Waals surface area contributed by atoms with Crippen molar-refractivity contribution in [3.05, 3.63) is 48.0 Å². The van der Waals surface area contributed by atoms with Crippen molar-refractivity contribution >= 4 is 23.2 Å². The molecule has 0 aromatic heterocycles. The number of anilines is 2. The molecule has 23 heavy (non-hydrogen) atoms. The second-order valence-corrected chi connectivity index (χ2v) is 4.78. The van der Waals surface area contributed by atoms with Crippen molar-refractivity contribution in [2.75, 3.05) is 24.9 Å². The zero-order chi connectivity index (χ0) is 16.8. The summed E-state index contributed by atoms with van der Waals surface area (Å²) in [6.07, 6.45) is 0. The molecule has 0 atom stereocenters. The van der Waals surface area contributed by atoms with Crippen LogP contribution in [0.15, 0.2) is 42.5 Å². The first-order chi connectivity index (χ1) is 11.0. The Bertz CT molecular complexity index is 728. The summed E-state index contributed by atoms with van der Waals surface area (Å²) in [6.45, 7) is 1.40. The van der Waals surface area contributed by atoms with Gasteiger partial charge in [-0.3, -0.25) is 9.59 Å². The van der Waals surface area contributed by atoms with E-state index in [2.05, 4.69) is 10.6 Å². The second kappa shape index (κ2) is 7.31. The summed E-state index contributed by atoms with van der Waals surface area (Å²) in [4.78, 5) is 23.5. The molecule has 2 aromatic rings. The summed E-state index contributed by atoms with van der Waals surface area (Å²) in [5.41, 5.74) is 1.51. The van der Waals surface area contributed by atoms with Crippen LogP contribution in [-0.2, 0) is 4.79 Å². The highest BCUT2D eigenvalue weighted by molar-refractivity contribution is 6.05. The van der Waals surface area contributed by atoms with E-state index < -0.39 is 0 Å². The van der Waals surface area contributed by atoms with Crippen LogP contribution in [0.4, 0.5) is 11.4 Å². The monoisotopic (exact) mass is 314 g/mol. The molecule has 0 aliphatic heterocycles. The van der Waals surface area contributed by atoms with Crippen LogP contribution in [0.25, 0.3) is 0 Å². The number of rotatable bonds is 5. The molecule has 0 saturated heterocycles. The molecule has 0 saturated carbocycles. The molecular weight excluding hydrogens is 296 g/mol. The molecule has 0 radical (unpaired) electrons. The SMILES string of the molecule is COc1cccc(C(=O)Nc2ccc(OC)c(NC(C)=O)c2)c1. The molecule has 2 amide bonds. The third-order valence-corrected chi connectivity index (χ3v) is 3.10. The minimum Gasteiger partial charge on any atom is -0.497 e. The molecule has 6 heteroatoms. The molecule has 0 aliphatic rings. The molecule has 2 aromatic carbocycles. The summed E-state index contributed by atoms with van der Waals surface area (Å²) < 4.78 is 10.3. The van der Waals surface area contributed by atoms with Gasteiger partial charge in [-0.25, -0.2) is 0 Å². The maximum atomic E-state index is 12.3. The van der Waals surface area contributed by atoms with E-state index in [0.29, 0.717) is 28.4 Å². The Balaban J connectivity index is 2.21. The number of benzene rings is 2. The van der Waals surface area contributed by atoms with E-state index in [1.54, 1.807) is 49.6 Å². The van der Waals surface area contributed by atoms with Crippen LogP contribution in [0, 0.1) is 0 Å². The molecule has 120 valence electrons. The lowest BCUT2D eigenvalue weighted by Gasteiger charge is -2.12. The van der Waals surface area contributed by atoms with E-state index in [4.69, 9.17) is 9.47 Å². The number of hydrogen-bond donors (Lipinski definition) is 2. The zero-order valence-corrected chi connectivity index (χ0v) is 13.2. The highest BCUT2D eigenvalue weighted by Gasteiger charge is 2.10. The second-order valence-electron chi connectivity index (χ2n) is 4.78. The van der Waals surface area contributed by atoms with Crippen LogP contribution in [0.2, 0.25) is 0 Å². The molecule has 0 bridgehead atoms. The third kappa shape index (κ3) is 4.23. The average Bonchev–Trinajstić information content (AvgIpc) is 2.54. The van der Waals surface area contributed by atoms with Crippen molar-refractivity contribution in [2.45, 2.75) is 6.92 Å². The van der Waals surface area contributed by atoms with Crippen LogP contribution in [0.3, 0.4) is 0 Å². The quantitative estimate of drug-likeness (QED) is 0.889. The van der Waals surface area contributed by atoms with Crippen molar-refractivity contribution in [3.63, 3.8) is 0 Å². The smallest absolute Gasteiger partial charge is 0.255 e. The summed E-state index contributed by atoms with van der Waals surface area (Å²) in [5, 5.41) is 5.43. The Labute approximate surface area is 134 Å². The third-order valence-electron chi connectivity index (χ3n) is 3.10. The Hall–Kier alpha value is -3.02. The normalized spacial score (nSPS) is 9.87. The zero-order valence-electron chi connectivity index (χ0n) is 13.2. The fraction of sp³-hybridized carbons (Fsp3) is 0.176. The number of carbonyl (C=O) groups is 2. The van der Waals surface area contributed by atoms with Crippen molar-refractivity contribution in [1.29, 1.82) is 0 Å². The minimum absolute atomic E-state index is 0.223. The Morgan fingerprint density at radius 3 is 2.39 bits per heavy atom. The van der Waals surface area contributed by atoms with Crippen LogP contribution in [-0.4, -0.2) is 26.0 Å². The first-order valence-electron chi connectivity index (χ1n) is 6.94. The number of carbonyl (C=O) groups excluding carboxylic acids is 2. The van der Waals surface area contributed by atoms with Crippen LogP contribution < -0.4 is 20.1 Å². The van der Waals surface area contributed by atoms with Crippen LogP contribution in [0.5, 0.6) is 11.5 Å². The number of nitrogens with one attached hydrogen (secondary N) is 2. The van der Waals surface area contributed by atoms with Gasteiger partial charge in [-0.2, -0.15) is 0 Å². The van der Waals surface area contributed by atoms with Gasteiger partial charge in [0.15, 0.2) is 0 Å². The molecule has 0 spiro atoms. The van der Waals surface area contributed by atoms with Crippen molar-refractivity contribution in [1.82, 2.24) is 0 Å². The minimum atomic E-state index is -0.275. The number of methoxy groups -OCH3 is 2. The van der Waals surface area contributed by atoms with E-state index in [-0.39, 0.29) is 11.8 Å². The highest BCUT2D eigenvalue weighted by Crippen LogP contribution is 2.28. The van der Waals surface area contributed by atoms with Gasteiger partial charge in [0.05, 0.1) is 19.9 Å². The molecular formula is C17H18N2O4. The average molecular weight is 314 g/mol. The summed E-state index contributed by atoms with van der Waals surface area (Å²) in [5.74, 6) is 0.619. The molecule has 0 heterocycles. The summed E-state index contributed by atoms with van der Waals surface area (Å²) in [6, 6.07) is 11.8. The Kier molecular flexibility index (Phi) is 5.19. The predicted molar refractivity (Wildman–Crippen MR) is 88.2 cm³/mol. The molecule has 2 N–H and O–H groups in total. The Morgan fingerprint density at radius 1 is 0.957 bits per heavy atom. The largest absolute Gasteiger partial charge is 0.497 e. The number of ether oxygens (including phenoxy) is 2. The highest BCUT2D eigenvalue weighted by atomic mass is 16.5. The van der Waals surface area contributed by atoms with Gasteiger partial charge >= 0.3 is 0 Å². The molecule has 0 aliphatic carbocycles. The standard InChI is InChI=1S/C17H18N2O4/c1-11(20)18-15-10-13(7-8-16(15)23-3)19-17(21)12-5-4-6-14(9-12)22-2/h4-10H,1-3H3,(H,18,20)(H,19,21). The van der Waals surface area contributed by atoms with Crippen molar-refractivity contribution in [3.8, 4) is 11.5 Å². The fourth-order valence-electron chi connectivity index (χ4n) is 2.04. The van der Waals surface area contributed by atoms with Gasteiger partial charge in [-0.15, -0.1) is 0 Å². The van der Waals surface area contributed by atoms with Crippen LogP contribution in [0.1, 0.15) is 17.3 Å².